The summed E-state index contributed by atoms with van der Waals surface area (Å²) in [5.74, 6) is -3.83. The minimum atomic E-state index is -5.10. The molecule has 10 rings (SSSR count). The number of piperidine rings is 2. The number of amides is 4. The minimum absolute atomic E-state index is 0. The number of hydrogen-bond acceptors (Lipinski definition) is 8. The summed E-state index contributed by atoms with van der Waals surface area (Å²) in [5, 5.41) is 0.840. The van der Waals surface area contributed by atoms with E-state index in [2.05, 4.69) is 21.9 Å². The number of likely N-dealkylation sites (tertiary alicyclic amines) is 2. The predicted molar refractivity (Wildman–Crippen MR) is 377 cm³/mol. The average molecular weight is 1500 g/mol. The van der Waals surface area contributed by atoms with Crippen molar-refractivity contribution in [3.8, 4) is 0 Å². The third-order valence-electron chi connectivity index (χ3n) is 18.5. The molecule has 0 N–H and O–H groups in total. The quantitative estimate of drug-likeness (QED) is 0.0878. The number of likely N-dealkylation sites (N-methyl/N-ethyl adjacent to an activating group) is 4. The van der Waals surface area contributed by atoms with Gasteiger partial charge in [-0.25, -0.2) is 0 Å². The van der Waals surface area contributed by atoms with Crippen molar-refractivity contribution in [2.75, 3.05) is 80.5 Å². The summed E-state index contributed by atoms with van der Waals surface area (Å²) in [7, 11) is 3.14. The monoisotopic (exact) mass is 1500 g/mol. The largest absolute Gasteiger partial charge is 0.471 e. The molecule has 12 nitrogen and oxygen atoms in total. The standard InChI is InChI=1S/2C33H34Cl2F3N3O3S.2ClH.2H2S/c2*1-39(30(43)33(36,37)38)22-31(25-12-13-27(34)28(35)20-25,40(2)29(42)23-8-4-3-5-9-23)14-17-41-18-15-32(16-19-41)26-11-7-6-10-24(26)21-45(32)44;;;;/h2*3-13,20H,14-19,21-22H2,1-2H3;2*1H;2*1H2/t2*31-,45?;;;;/m11..../s1. The van der Waals surface area contributed by atoms with Crippen LogP contribution in [-0.2, 0) is 63.3 Å². The topological polar surface area (TPSA) is 122 Å². The molecule has 4 aliphatic heterocycles. The van der Waals surface area contributed by atoms with Crippen LogP contribution in [0.1, 0.15) is 92.6 Å². The fourth-order valence-electron chi connectivity index (χ4n) is 13.4. The molecule has 6 aromatic rings. The molecule has 2 spiro atoms. The van der Waals surface area contributed by atoms with Crippen LogP contribution < -0.4 is 0 Å². The second kappa shape index (κ2) is 32.9. The van der Waals surface area contributed by atoms with Crippen LogP contribution in [0.5, 0.6) is 0 Å². The van der Waals surface area contributed by atoms with E-state index in [0.717, 1.165) is 36.3 Å². The van der Waals surface area contributed by atoms with Gasteiger partial charge in [0, 0.05) is 98.6 Å². The molecule has 0 radical (unpaired) electrons. The summed E-state index contributed by atoms with van der Waals surface area (Å²) in [6.45, 7) is 2.35. The molecular formula is C66H74Cl6F6N6O6S4. The van der Waals surface area contributed by atoms with Crippen LogP contribution in [0.25, 0.3) is 0 Å². The summed E-state index contributed by atoms with van der Waals surface area (Å²) >= 11 is 25.3. The first-order valence-corrected chi connectivity index (χ1v) is 33.3. The van der Waals surface area contributed by atoms with Crippen molar-refractivity contribution in [1.82, 2.24) is 29.4 Å². The smallest absolute Gasteiger partial charge is 0.335 e. The molecule has 4 heterocycles. The maximum atomic E-state index is 13.9. The van der Waals surface area contributed by atoms with E-state index in [1.54, 1.807) is 84.9 Å². The van der Waals surface area contributed by atoms with Crippen molar-refractivity contribution in [3.05, 3.63) is 210 Å². The Kier molecular flexibility index (Phi) is 28.0. The first-order valence-electron chi connectivity index (χ1n) is 29.2. The van der Waals surface area contributed by atoms with Crippen molar-refractivity contribution in [3.63, 3.8) is 0 Å². The summed E-state index contributed by atoms with van der Waals surface area (Å²) in [6.07, 6.45) is -7.17. The number of hydrogen-bond donors (Lipinski definition) is 0. The lowest BCUT2D eigenvalue weighted by Crippen LogP contribution is -2.57. The van der Waals surface area contributed by atoms with Gasteiger partial charge in [-0.2, -0.15) is 53.3 Å². The van der Waals surface area contributed by atoms with Crippen molar-refractivity contribution in [1.29, 1.82) is 0 Å². The second-order valence-electron chi connectivity index (χ2n) is 23.6. The highest BCUT2D eigenvalue weighted by Gasteiger charge is 2.52. The fourth-order valence-corrected chi connectivity index (χ4v) is 17.8. The number of fused-ring (bicyclic) bond motifs is 4. The van der Waals surface area contributed by atoms with Crippen LogP contribution in [-0.4, -0.2) is 154 Å². The predicted octanol–water partition coefficient (Wildman–Crippen LogP) is 14.3. The Bertz CT molecular complexity index is 3450. The van der Waals surface area contributed by atoms with Gasteiger partial charge in [-0.05, 0) is 147 Å². The van der Waals surface area contributed by atoms with Gasteiger partial charge in [-0.1, -0.05) is 143 Å². The number of benzene rings is 6. The van der Waals surface area contributed by atoms with Gasteiger partial charge in [0.2, 0.25) is 0 Å². The highest BCUT2D eigenvalue weighted by Crippen LogP contribution is 2.49. The van der Waals surface area contributed by atoms with Crippen molar-refractivity contribution >= 4 is 143 Å². The molecule has 2 unspecified atom stereocenters. The average Bonchev–Trinajstić information content (AvgIpc) is 1.42. The fraction of sp³-hybridized carbons (Fsp3) is 0.394. The zero-order chi connectivity index (χ0) is 65.1. The number of carbonyl (C=O) groups excluding carboxylic acids is 4. The molecule has 6 aromatic carbocycles. The Morgan fingerprint density at radius 3 is 1.09 bits per heavy atom. The highest BCUT2D eigenvalue weighted by molar-refractivity contribution is 7.85. The van der Waals surface area contributed by atoms with E-state index in [-0.39, 0.29) is 84.7 Å². The summed E-state index contributed by atoms with van der Waals surface area (Å²) < 4.78 is 108. The van der Waals surface area contributed by atoms with Gasteiger partial charge in [0.25, 0.3) is 11.8 Å². The van der Waals surface area contributed by atoms with Crippen LogP contribution in [0.15, 0.2) is 146 Å². The molecular weight excluding hydrogens is 1430 g/mol. The third kappa shape index (κ3) is 16.8. The molecule has 94 heavy (non-hydrogen) atoms. The third-order valence-corrected chi connectivity index (χ3v) is 24.1. The van der Waals surface area contributed by atoms with Crippen LogP contribution in [0, 0.1) is 0 Å². The van der Waals surface area contributed by atoms with E-state index in [4.69, 9.17) is 46.4 Å². The van der Waals surface area contributed by atoms with E-state index < -0.39 is 91.2 Å². The van der Waals surface area contributed by atoms with Crippen LogP contribution in [0.4, 0.5) is 26.3 Å². The summed E-state index contributed by atoms with van der Waals surface area (Å²) in [5.41, 5.74) is 3.23. The van der Waals surface area contributed by atoms with Gasteiger partial charge in [0.15, 0.2) is 0 Å². The molecule has 2 saturated heterocycles. The first kappa shape index (κ1) is 80.1. The van der Waals surface area contributed by atoms with Crippen molar-refractivity contribution in [2.45, 2.75) is 83.0 Å². The number of rotatable bonds is 16. The van der Waals surface area contributed by atoms with Crippen molar-refractivity contribution in [2.24, 2.45) is 0 Å². The molecule has 0 aliphatic carbocycles. The first-order chi connectivity index (χ1) is 42.6. The molecule has 512 valence electrons. The molecule has 4 aliphatic rings. The van der Waals surface area contributed by atoms with Gasteiger partial charge in [0.1, 0.15) is 0 Å². The zero-order valence-electron chi connectivity index (χ0n) is 51.7. The second-order valence-corrected chi connectivity index (χ2v) is 28.7. The Balaban J connectivity index is 0.000000327. The van der Waals surface area contributed by atoms with Gasteiger partial charge in [0.05, 0.1) is 40.7 Å². The molecule has 0 aromatic heterocycles. The molecule has 4 amide bonds. The van der Waals surface area contributed by atoms with Gasteiger partial charge < -0.3 is 29.4 Å². The Hall–Kier alpha value is -4.56. The normalized spacial score (nSPS) is 18.3. The maximum absolute atomic E-state index is 13.9. The molecule has 28 heteroatoms. The van der Waals surface area contributed by atoms with E-state index in [9.17, 15) is 53.9 Å². The van der Waals surface area contributed by atoms with E-state index in [1.807, 2.05) is 36.4 Å². The van der Waals surface area contributed by atoms with Crippen LogP contribution in [0.2, 0.25) is 20.1 Å². The Morgan fingerprint density at radius 2 is 0.777 bits per heavy atom. The molecule has 0 bridgehead atoms. The number of carbonyl (C=O) groups is 4. The zero-order valence-corrected chi connectivity index (χ0v) is 60.0. The molecule has 2 fully saturated rings. The summed E-state index contributed by atoms with van der Waals surface area (Å²) in [6, 6.07) is 42.4. The van der Waals surface area contributed by atoms with E-state index >= 15 is 0 Å². The summed E-state index contributed by atoms with van der Waals surface area (Å²) in [4.78, 5) is 61.2. The Labute approximate surface area is 595 Å². The van der Waals surface area contributed by atoms with Crippen LogP contribution >= 0.6 is 98.2 Å². The number of halogens is 12. The van der Waals surface area contributed by atoms with E-state index in [0.29, 0.717) is 109 Å². The maximum Gasteiger partial charge on any atom is 0.471 e. The lowest BCUT2D eigenvalue weighted by molar-refractivity contribution is -0.185. The van der Waals surface area contributed by atoms with Crippen LogP contribution in [0.3, 0.4) is 0 Å². The SMILES string of the molecule is CN(C[C@](CCN1CCC2(CC1)c1ccccc1CS2=O)(c1ccc(Cl)c(Cl)c1)N(C)C(=O)c1ccccc1)C(=O)C(F)(F)F.CN(C[C@](CCN1CCC2(CC1)c1ccccc1CS2=O)(c1ccc(Cl)c(Cl)c1)N(C)C(=O)c1ccccc1)C(=O)C(F)(F)F.Cl.Cl.S.S. The van der Waals surface area contributed by atoms with E-state index in [1.165, 1.54) is 36.0 Å². The van der Waals surface area contributed by atoms with Crippen molar-refractivity contribution < 1.29 is 53.9 Å². The van der Waals surface area contributed by atoms with Gasteiger partial charge in [-0.3, -0.25) is 27.6 Å². The molecule has 0 saturated carbocycles. The molecule has 4 atom stereocenters. The number of alkyl halides is 6. The lowest BCUT2D eigenvalue weighted by atomic mass is 9.82. The minimum Gasteiger partial charge on any atom is -0.335 e. The highest BCUT2D eigenvalue weighted by atomic mass is 35.5. The lowest BCUT2D eigenvalue weighted by Gasteiger charge is -2.47. The van der Waals surface area contributed by atoms with Gasteiger partial charge in [-0.15, -0.1) is 24.8 Å². The number of nitrogens with zero attached hydrogens (tertiary/aromatic N) is 6. The van der Waals surface area contributed by atoms with Gasteiger partial charge >= 0.3 is 24.2 Å². The Morgan fingerprint density at radius 1 is 0.468 bits per heavy atom.